The van der Waals surface area contributed by atoms with Gasteiger partial charge in [0.2, 0.25) is 0 Å². The van der Waals surface area contributed by atoms with Gasteiger partial charge in [-0.15, -0.1) is 0 Å². The maximum absolute atomic E-state index is 12.0. The van der Waals surface area contributed by atoms with E-state index in [2.05, 4.69) is 21.2 Å². The Morgan fingerprint density at radius 3 is 2.43 bits per heavy atom. The van der Waals surface area contributed by atoms with Crippen molar-refractivity contribution >= 4 is 33.6 Å². The summed E-state index contributed by atoms with van der Waals surface area (Å²) in [4.78, 5) is 12.0. The summed E-state index contributed by atoms with van der Waals surface area (Å²) in [6, 6.07) is 20.6. The zero-order valence-corrected chi connectivity index (χ0v) is 18.7. The Balaban J connectivity index is 1.59. The number of halogens is 2. The number of carbonyl (C=O) groups excluding carboxylic acids is 1. The number of ether oxygens (including phenoxy) is 3. The Labute approximate surface area is 189 Å². The van der Waals surface area contributed by atoms with Crippen LogP contribution in [-0.4, -0.2) is 13.2 Å². The summed E-state index contributed by atoms with van der Waals surface area (Å²) < 4.78 is 17.4. The third-order valence-electron chi connectivity index (χ3n) is 4.31. The van der Waals surface area contributed by atoms with E-state index in [1.165, 1.54) is 0 Å². The van der Waals surface area contributed by atoms with Crippen molar-refractivity contribution in [3.05, 3.63) is 92.9 Å². The number of hydrogen-bond acceptors (Lipinski definition) is 4. The Hall–Kier alpha value is -2.70. The Kier molecular flexibility index (Phi) is 7.99. The van der Waals surface area contributed by atoms with Crippen LogP contribution < -0.4 is 14.8 Å². The third kappa shape index (κ3) is 6.15. The van der Waals surface area contributed by atoms with Gasteiger partial charge < -0.3 is 19.5 Å². The van der Waals surface area contributed by atoms with E-state index < -0.39 is 6.09 Å². The molecule has 0 aliphatic heterocycles. The lowest BCUT2D eigenvalue weighted by atomic mass is 10.2. The van der Waals surface area contributed by atoms with Crippen LogP contribution in [0.15, 0.2) is 71.2 Å². The Bertz CT molecular complexity index is 998. The highest BCUT2D eigenvalue weighted by Gasteiger charge is 2.13. The molecule has 0 radical (unpaired) electrons. The number of carbonyl (C=O) groups is 1. The number of hydrogen-bond donors (Lipinski definition) is 1. The van der Waals surface area contributed by atoms with Gasteiger partial charge in [0, 0.05) is 21.6 Å². The molecule has 5 nitrogen and oxygen atoms in total. The van der Waals surface area contributed by atoms with Crippen LogP contribution in [0.4, 0.5) is 4.79 Å². The van der Waals surface area contributed by atoms with Crippen LogP contribution in [0.25, 0.3) is 0 Å². The van der Waals surface area contributed by atoms with E-state index in [4.69, 9.17) is 25.8 Å². The number of alkyl carbamates (subject to hydrolysis) is 1. The average Bonchev–Trinajstić information content (AvgIpc) is 2.77. The number of amides is 1. The van der Waals surface area contributed by atoms with Gasteiger partial charge in [0.15, 0.2) is 11.5 Å². The fourth-order valence-corrected chi connectivity index (χ4v) is 3.35. The van der Waals surface area contributed by atoms with Gasteiger partial charge >= 0.3 is 6.09 Å². The summed E-state index contributed by atoms with van der Waals surface area (Å²) in [6.07, 6.45) is -0.497. The topological polar surface area (TPSA) is 56.8 Å². The smallest absolute Gasteiger partial charge is 0.407 e. The average molecular weight is 491 g/mol. The van der Waals surface area contributed by atoms with Gasteiger partial charge in [0.05, 0.1) is 7.11 Å². The summed E-state index contributed by atoms with van der Waals surface area (Å²) in [6.45, 7) is 0.799. The zero-order chi connectivity index (χ0) is 21.3. The normalized spacial score (nSPS) is 10.4. The molecule has 0 saturated carbocycles. The SMILES string of the molecule is COc1cc(CNC(=O)OCc2ccccc2)c(Br)cc1OCc1ccccc1Cl. The van der Waals surface area contributed by atoms with Crippen molar-refractivity contribution < 1.29 is 19.0 Å². The van der Waals surface area contributed by atoms with E-state index in [1.807, 2.05) is 66.7 Å². The second-order valence-corrected chi connectivity index (χ2v) is 7.65. The van der Waals surface area contributed by atoms with Gasteiger partial charge in [-0.1, -0.05) is 76.1 Å². The fourth-order valence-electron chi connectivity index (χ4n) is 2.70. The molecule has 3 rings (SSSR count). The molecular formula is C23H21BrClNO4. The van der Waals surface area contributed by atoms with Crippen LogP contribution in [0.1, 0.15) is 16.7 Å². The minimum absolute atomic E-state index is 0.214. The van der Waals surface area contributed by atoms with Crippen molar-refractivity contribution in [2.24, 2.45) is 0 Å². The van der Waals surface area contributed by atoms with Crippen LogP contribution in [-0.2, 0) is 24.5 Å². The molecule has 30 heavy (non-hydrogen) atoms. The molecule has 3 aromatic carbocycles. The van der Waals surface area contributed by atoms with E-state index >= 15 is 0 Å². The fraction of sp³-hybridized carbons (Fsp3) is 0.174. The largest absolute Gasteiger partial charge is 0.493 e. The number of rotatable bonds is 8. The molecule has 1 N–H and O–H groups in total. The van der Waals surface area contributed by atoms with Crippen LogP contribution in [0.3, 0.4) is 0 Å². The minimum Gasteiger partial charge on any atom is -0.493 e. The van der Waals surface area contributed by atoms with Crippen LogP contribution in [0.2, 0.25) is 5.02 Å². The number of nitrogens with one attached hydrogen (secondary N) is 1. The lowest BCUT2D eigenvalue weighted by Gasteiger charge is -2.15. The summed E-state index contributed by atoms with van der Waals surface area (Å²) in [5.41, 5.74) is 2.63. The van der Waals surface area contributed by atoms with Crippen molar-refractivity contribution in [2.45, 2.75) is 19.8 Å². The first-order chi connectivity index (χ1) is 14.6. The van der Waals surface area contributed by atoms with Crippen LogP contribution >= 0.6 is 27.5 Å². The maximum atomic E-state index is 12.0. The van der Waals surface area contributed by atoms with Crippen LogP contribution in [0, 0.1) is 0 Å². The van der Waals surface area contributed by atoms with Gasteiger partial charge in [0.1, 0.15) is 13.2 Å². The summed E-state index contributed by atoms with van der Waals surface area (Å²) >= 11 is 9.71. The molecule has 1 amide bonds. The third-order valence-corrected chi connectivity index (χ3v) is 5.42. The molecule has 0 saturated heterocycles. The minimum atomic E-state index is -0.497. The molecule has 3 aromatic rings. The van der Waals surface area contributed by atoms with Gasteiger partial charge in [-0.05, 0) is 29.3 Å². The lowest BCUT2D eigenvalue weighted by molar-refractivity contribution is 0.139. The maximum Gasteiger partial charge on any atom is 0.407 e. The molecular weight excluding hydrogens is 470 g/mol. The molecule has 0 bridgehead atoms. The van der Waals surface area contributed by atoms with Crippen molar-refractivity contribution in [1.82, 2.24) is 5.32 Å². The first-order valence-electron chi connectivity index (χ1n) is 9.24. The molecule has 0 aliphatic rings. The Morgan fingerprint density at radius 1 is 0.967 bits per heavy atom. The van der Waals surface area contributed by atoms with Gasteiger partial charge in [-0.3, -0.25) is 0 Å². The molecule has 0 unspecified atom stereocenters. The zero-order valence-electron chi connectivity index (χ0n) is 16.4. The molecule has 0 atom stereocenters. The van der Waals surface area contributed by atoms with Gasteiger partial charge in [0.25, 0.3) is 0 Å². The molecule has 0 aromatic heterocycles. The quantitative estimate of drug-likeness (QED) is 0.413. The molecule has 156 valence electrons. The predicted octanol–water partition coefficient (Wildman–Crippen LogP) is 6.12. The Morgan fingerprint density at radius 2 is 1.70 bits per heavy atom. The van der Waals surface area contributed by atoms with Crippen molar-refractivity contribution in [3.63, 3.8) is 0 Å². The highest BCUT2D eigenvalue weighted by molar-refractivity contribution is 9.10. The molecule has 0 aliphatic carbocycles. The van der Waals surface area contributed by atoms with Crippen LogP contribution in [0.5, 0.6) is 11.5 Å². The van der Waals surface area contributed by atoms with E-state index in [0.29, 0.717) is 23.1 Å². The first-order valence-corrected chi connectivity index (χ1v) is 10.4. The first kappa shape index (κ1) is 22.0. The summed E-state index contributed by atoms with van der Waals surface area (Å²) in [5.74, 6) is 1.12. The van der Waals surface area contributed by atoms with E-state index in [1.54, 1.807) is 7.11 Å². The molecule has 0 heterocycles. The second-order valence-electron chi connectivity index (χ2n) is 6.39. The monoisotopic (exact) mass is 489 g/mol. The van der Waals surface area contributed by atoms with Crippen molar-refractivity contribution in [3.8, 4) is 11.5 Å². The van der Waals surface area contributed by atoms with Gasteiger partial charge in [-0.25, -0.2) is 4.79 Å². The summed E-state index contributed by atoms with van der Waals surface area (Å²) in [5, 5.41) is 3.39. The summed E-state index contributed by atoms with van der Waals surface area (Å²) in [7, 11) is 1.57. The van der Waals surface area contributed by atoms with Crippen molar-refractivity contribution in [2.75, 3.05) is 7.11 Å². The predicted molar refractivity (Wildman–Crippen MR) is 120 cm³/mol. The lowest BCUT2D eigenvalue weighted by Crippen LogP contribution is -2.23. The standard InChI is InChI=1S/C23H21BrClNO4/c1-28-21-11-18(13-26-23(27)30-14-16-7-3-2-4-8-16)19(24)12-22(21)29-15-17-9-5-6-10-20(17)25/h2-12H,13-15H2,1H3,(H,26,27). The molecule has 0 fully saturated rings. The highest BCUT2D eigenvalue weighted by atomic mass is 79.9. The molecule has 0 spiro atoms. The van der Waals surface area contributed by atoms with E-state index in [9.17, 15) is 4.79 Å². The highest BCUT2D eigenvalue weighted by Crippen LogP contribution is 2.34. The van der Waals surface area contributed by atoms with E-state index in [0.717, 1.165) is 21.2 Å². The van der Waals surface area contributed by atoms with Gasteiger partial charge in [-0.2, -0.15) is 0 Å². The van der Waals surface area contributed by atoms with E-state index in [-0.39, 0.29) is 13.2 Å². The second kappa shape index (κ2) is 10.9. The number of methoxy groups -OCH3 is 1. The molecule has 7 heteroatoms. The van der Waals surface area contributed by atoms with Crippen molar-refractivity contribution in [1.29, 1.82) is 0 Å². The number of benzene rings is 3.